The summed E-state index contributed by atoms with van der Waals surface area (Å²) in [5.41, 5.74) is 11.7. The molecular weight excluding hydrogens is 290 g/mol. The summed E-state index contributed by atoms with van der Waals surface area (Å²) in [6.07, 6.45) is 2.51. The van der Waals surface area contributed by atoms with Gasteiger partial charge in [-0.05, 0) is 24.8 Å². The maximum absolute atomic E-state index is 12.4. The molecule has 1 aromatic rings. The number of carbonyl (C=O) groups is 1. The van der Waals surface area contributed by atoms with Crippen molar-refractivity contribution in [3.63, 3.8) is 0 Å². The van der Waals surface area contributed by atoms with Crippen molar-refractivity contribution in [3.05, 3.63) is 35.9 Å². The van der Waals surface area contributed by atoms with Gasteiger partial charge in [-0.3, -0.25) is 9.79 Å². The largest absolute Gasteiger partial charge is 0.370 e. The van der Waals surface area contributed by atoms with E-state index >= 15 is 0 Å². The number of unbranched alkanes of at least 4 members (excludes halogenated alkanes) is 1. The topological polar surface area (TPSA) is 106 Å². The van der Waals surface area contributed by atoms with E-state index in [2.05, 4.69) is 15.6 Å². The standard InChI is InChI=1S/C17H29N5O/c1-13(2)22-15(10-6-7-11-20-17(18)19)16(23)21-12-14-8-4-3-5-9-14/h3-5,8-9,13,15,22H,6-7,10-12H2,1-2H3,(H,21,23)(H4,18,19,20)/t15-/m1/s1. The number of nitrogens with zero attached hydrogens (tertiary/aromatic N) is 1. The lowest BCUT2D eigenvalue weighted by Gasteiger charge is -2.20. The summed E-state index contributed by atoms with van der Waals surface area (Å²) in [5, 5.41) is 6.31. The lowest BCUT2D eigenvalue weighted by atomic mass is 10.1. The minimum atomic E-state index is -0.196. The van der Waals surface area contributed by atoms with E-state index < -0.39 is 0 Å². The molecular formula is C17H29N5O. The number of guanidine groups is 1. The molecule has 0 fully saturated rings. The molecule has 0 radical (unpaired) electrons. The molecule has 0 aromatic heterocycles. The number of amides is 1. The Morgan fingerprint density at radius 3 is 2.48 bits per heavy atom. The van der Waals surface area contributed by atoms with Gasteiger partial charge < -0.3 is 22.1 Å². The zero-order valence-electron chi connectivity index (χ0n) is 14.1. The second-order valence-electron chi connectivity index (χ2n) is 5.88. The van der Waals surface area contributed by atoms with Crippen LogP contribution in [0.5, 0.6) is 0 Å². The minimum absolute atomic E-state index is 0.0318. The highest BCUT2D eigenvalue weighted by molar-refractivity contribution is 5.81. The van der Waals surface area contributed by atoms with Gasteiger partial charge in [-0.1, -0.05) is 44.2 Å². The highest BCUT2D eigenvalue weighted by Crippen LogP contribution is 2.04. The van der Waals surface area contributed by atoms with Gasteiger partial charge >= 0.3 is 0 Å². The van der Waals surface area contributed by atoms with Crippen molar-refractivity contribution in [2.75, 3.05) is 6.54 Å². The van der Waals surface area contributed by atoms with Gasteiger partial charge in [0.15, 0.2) is 5.96 Å². The first kappa shape index (κ1) is 19.0. The average molecular weight is 319 g/mol. The van der Waals surface area contributed by atoms with Crippen molar-refractivity contribution in [1.29, 1.82) is 0 Å². The van der Waals surface area contributed by atoms with E-state index in [1.54, 1.807) is 0 Å². The predicted octanol–water partition coefficient (Wildman–Crippen LogP) is 1.11. The Labute approximate surface area is 138 Å². The fourth-order valence-electron chi connectivity index (χ4n) is 2.27. The van der Waals surface area contributed by atoms with Crippen molar-refractivity contribution >= 4 is 11.9 Å². The van der Waals surface area contributed by atoms with Crippen LogP contribution >= 0.6 is 0 Å². The molecule has 128 valence electrons. The number of hydrogen-bond acceptors (Lipinski definition) is 3. The van der Waals surface area contributed by atoms with Gasteiger partial charge in [-0.25, -0.2) is 0 Å². The molecule has 0 heterocycles. The Bertz CT molecular complexity index is 483. The first-order valence-corrected chi connectivity index (χ1v) is 8.12. The van der Waals surface area contributed by atoms with Crippen molar-refractivity contribution in [1.82, 2.24) is 10.6 Å². The van der Waals surface area contributed by atoms with E-state index in [9.17, 15) is 4.79 Å². The summed E-state index contributed by atoms with van der Waals surface area (Å²) in [7, 11) is 0. The van der Waals surface area contributed by atoms with Crippen LogP contribution in [-0.4, -0.2) is 30.5 Å². The maximum Gasteiger partial charge on any atom is 0.237 e. The summed E-state index contributed by atoms with van der Waals surface area (Å²) in [5.74, 6) is 0.145. The third kappa shape index (κ3) is 8.83. The molecule has 0 aliphatic heterocycles. The number of nitrogens with two attached hydrogens (primary N) is 2. The summed E-state index contributed by atoms with van der Waals surface area (Å²) in [4.78, 5) is 16.3. The predicted molar refractivity (Wildman–Crippen MR) is 94.9 cm³/mol. The molecule has 1 rings (SSSR count). The van der Waals surface area contributed by atoms with Gasteiger partial charge in [0.05, 0.1) is 6.04 Å². The molecule has 6 N–H and O–H groups in total. The molecule has 23 heavy (non-hydrogen) atoms. The molecule has 0 saturated heterocycles. The van der Waals surface area contributed by atoms with Gasteiger partial charge in [0.2, 0.25) is 5.91 Å². The molecule has 0 spiro atoms. The Hall–Kier alpha value is -2.08. The normalized spacial score (nSPS) is 12.0. The van der Waals surface area contributed by atoms with Crippen LogP contribution in [-0.2, 0) is 11.3 Å². The second kappa shape index (κ2) is 10.6. The molecule has 0 unspecified atom stereocenters. The molecule has 0 bridgehead atoms. The molecule has 6 heteroatoms. The molecule has 1 amide bonds. The van der Waals surface area contributed by atoms with Crippen molar-refractivity contribution < 1.29 is 4.79 Å². The molecule has 6 nitrogen and oxygen atoms in total. The Balaban J connectivity index is 2.42. The minimum Gasteiger partial charge on any atom is -0.370 e. The van der Waals surface area contributed by atoms with Gasteiger partial charge in [0.25, 0.3) is 0 Å². The summed E-state index contributed by atoms with van der Waals surface area (Å²) in [6.45, 7) is 5.22. The third-order valence-corrected chi connectivity index (χ3v) is 3.36. The first-order valence-electron chi connectivity index (χ1n) is 8.12. The van der Waals surface area contributed by atoms with Crippen LogP contribution in [0.15, 0.2) is 35.3 Å². The van der Waals surface area contributed by atoms with Gasteiger partial charge in [0, 0.05) is 19.1 Å². The van der Waals surface area contributed by atoms with Crippen LogP contribution in [0, 0.1) is 0 Å². The van der Waals surface area contributed by atoms with Crippen LogP contribution in [0.4, 0.5) is 0 Å². The van der Waals surface area contributed by atoms with E-state index in [0.717, 1.165) is 24.8 Å². The summed E-state index contributed by atoms with van der Waals surface area (Å²) >= 11 is 0. The first-order chi connectivity index (χ1) is 11.0. The molecule has 0 aliphatic carbocycles. The maximum atomic E-state index is 12.4. The molecule has 1 aromatic carbocycles. The Morgan fingerprint density at radius 1 is 1.17 bits per heavy atom. The monoisotopic (exact) mass is 319 g/mol. The van der Waals surface area contributed by atoms with Crippen molar-refractivity contribution in [2.24, 2.45) is 16.5 Å². The van der Waals surface area contributed by atoms with E-state index in [1.165, 1.54) is 0 Å². The highest BCUT2D eigenvalue weighted by Gasteiger charge is 2.18. The highest BCUT2D eigenvalue weighted by atomic mass is 16.2. The molecule has 0 saturated carbocycles. The van der Waals surface area contributed by atoms with Gasteiger partial charge in [-0.2, -0.15) is 0 Å². The smallest absolute Gasteiger partial charge is 0.237 e. The lowest BCUT2D eigenvalue weighted by Crippen LogP contribution is -2.46. The number of benzene rings is 1. The van der Waals surface area contributed by atoms with E-state index in [0.29, 0.717) is 13.1 Å². The number of hydrogen-bond donors (Lipinski definition) is 4. The summed E-state index contributed by atoms with van der Waals surface area (Å²) in [6, 6.07) is 9.95. The quantitative estimate of drug-likeness (QED) is 0.294. The summed E-state index contributed by atoms with van der Waals surface area (Å²) < 4.78 is 0. The van der Waals surface area contributed by atoms with Crippen LogP contribution in [0.3, 0.4) is 0 Å². The zero-order chi connectivity index (χ0) is 17.1. The van der Waals surface area contributed by atoms with Crippen LogP contribution < -0.4 is 22.1 Å². The number of rotatable bonds is 10. The Morgan fingerprint density at radius 2 is 1.87 bits per heavy atom. The molecule has 1 atom stereocenters. The van der Waals surface area contributed by atoms with Crippen LogP contribution in [0.25, 0.3) is 0 Å². The SMILES string of the molecule is CC(C)N[C@H](CCCCN=C(N)N)C(=O)NCc1ccccc1. The number of carbonyl (C=O) groups excluding carboxylic acids is 1. The zero-order valence-corrected chi connectivity index (χ0v) is 14.1. The van der Waals surface area contributed by atoms with Gasteiger partial charge in [0.1, 0.15) is 0 Å². The average Bonchev–Trinajstić information content (AvgIpc) is 2.51. The van der Waals surface area contributed by atoms with E-state index in [1.807, 2.05) is 44.2 Å². The van der Waals surface area contributed by atoms with Gasteiger partial charge in [-0.15, -0.1) is 0 Å². The lowest BCUT2D eigenvalue weighted by molar-refractivity contribution is -0.123. The second-order valence-corrected chi connectivity index (χ2v) is 5.88. The van der Waals surface area contributed by atoms with Crippen LogP contribution in [0.2, 0.25) is 0 Å². The van der Waals surface area contributed by atoms with E-state index in [-0.39, 0.29) is 24.0 Å². The number of aliphatic imine (C=N–C) groups is 1. The van der Waals surface area contributed by atoms with E-state index in [4.69, 9.17) is 11.5 Å². The fraction of sp³-hybridized carbons (Fsp3) is 0.529. The molecule has 0 aliphatic rings. The number of nitrogens with one attached hydrogen (secondary N) is 2. The fourth-order valence-corrected chi connectivity index (χ4v) is 2.27. The van der Waals surface area contributed by atoms with Crippen molar-refractivity contribution in [3.8, 4) is 0 Å². The third-order valence-electron chi connectivity index (χ3n) is 3.36. The van der Waals surface area contributed by atoms with Crippen LogP contribution in [0.1, 0.15) is 38.7 Å². The Kier molecular flexibility index (Phi) is 8.75. The van der Waals surface area contributed by atoms with Crippen molar-refractivity contribution in [2.45, 2.75) is 51.7 Å².